The van der Waals surface area contributed by atoms with Crippen molar-refractivity contribution in [3.63, 3.8) is 0 Å². The summed E-state index contributed by atoms with van der Waals surface area (Å²) in [5, 5.41) is 2.98. The molecule has 174 valence electrons. The van der Waals surface area contributed by atoms with Gasteiger partial charge in [-0.2, -0.15) is 0 Å². The molecule has 1 N–H and O–H groups in total. The van der Waals surface area contributed by atoms with Crippen molar-refractivity contribution in [2.75, 3.05) is 0 Å². The molecule has 0 unspecified atom stereocenters. The van der Waals surface area contributed by atoms with Gasteiger partial charge < -0.3 is 14.3 Å². The van der Waals surface area contributed by atoms with Crippen LogP contribution in [0.3, 0.4) is 0 Å². The minimum Gasteiger partial charge on any atom is -0.449 e. The lowest BCUT2D eigenvalue weighted by molar-refractivity contribution is 0.0924. The number of imidazole rings is 1. The van der Waals surface area contributed by atoms with Gasteiger partial charge in [-0.1, -0.05) is 73.9 Å². The van der Waals surface area contributed by atoms with Crippen molar-refractivity contribution in [3.05, 3.63) is 89.4 Å². The van der Waals surface area contributed by atoms with E-state index in [2.05, 4.69) is 72.3 Å². The molecule has 1 saturated carbocycles. The second kappa shape index (κ2) is 9.72. The fourth-order valence-corrected chi connectivity index (χ4v) is 4.74. The number of rotatable bonds is 7. The Morgan fingerprint density at radius 1 is 1.00 bits per heavy atom. The molecule has 1 aliphatic rings. The number of hydrogen-bond acceptors (Lipinski definition) is 3. The highest BCUT2D eigenvalue weighted by Crippen LogP contribution is 2.39. The topological polar surface area (TPSA) is 60.1 Å². The predicted molar refractivity (Wildman–Crippen MR) is 135 cm³/mol. The summed E-state index contributed by atoms with van der Waals surface area (Å²) >= 11 is 0. The largest absolute Gasteiger partial charge is 0.449 e. The quantitative estimate of drug-likeness (QED) is 0.338. The number of aryl methyl sites for hydroxylation is 2. The molecule has 4 aromatic rings. The lowest BCUT2D eigenvalue weighted by Gasteiger charge is -2.15. The molecule has 5 heteroatoms. The Kier molecular flexibility index (Phi) is 6.35. The minimum atomic E-state index is -0.213. The van der Waals surface area contributed by atoms with E-state index in [9.17, 15) is 4.79 Å². The highest BCUT2D eigenvalue weighted by molar-refractivity contribution is 5.92. The average molecular weight is 454 g/mol. The van der Waals surface area contributed by atoms with Gasteiger partial charge in [0.15, 0.2) is 11.5 Å². The van der Waals surface area contributed by atoms with E-state index in [1.807, 2.05) is 12.4 Å². The number of benzene rings is 2. The van der Waals surface area contributed by atoms with Crippen LogP contribution in [-0.2, 0) is 13.0 Å². The predicted octanol–water partition coefficient (Wildman–Crippen LogP) is 6.73. The Morgan fingerprint density at radius 3 is 2.41 bits per heavy atom. The highest BCUT2D eigenvalue weighted by atomic mass is 16.4. The van der Waals surface area contributed by atoms with Gasteiger partial charge >= 0.3 is 0 Å². The van der Waals surface area contributed by atoms with Crippen LogP contribution in [0.15, 0.2) is 71.4 Å². The lowest BCUT2D eigenvalue weighted by Crippen LogP contribution is -2.22. The van der Waals surface area contributed by atoms with E-state index in [4.69, 9.17) is 9.40 Å². The highest BCUT2D eigenvalue weighted by Gasteiger charge is 2.25. The summed E-state index contributed by atoms with van der Waals surface area (Å²) in [4.78, 5) is 17.6. The van der Waals surface area contributed by atoms with Gasteiger partial charge in [0, 0.05) is 18.2 Å². The number of furan rings is 1. The van der Waals surface area contributed by atoms with Crippen LogP contribution in [0.5, 0.6) is 0 Å². The van der Waals surface area contributed by atoms with Crippen molar-refractivity contribution in [3.8, 4) is 22.7 Å². The van der Waals surface area contributed by atoms with Crippen LogP contribution in [-0.4, -0.2) is 15.5 Å². The van der Waals surface area contributed by atoms with Crippen molar-refractivity contribution in [2.24, 2.45) is 0 Å². The SMILES string of the molecule is CCc1ccc(CNC(=O)c2ccc(-c3c(-c4ccc(C)cc4)ncn3C3CCCC3)o2)cc1. The summed E-state index contributed by atoms with van der Waals surface area (Å²) in [6.07, 6.45) is 7.68. The molecule has 2 heterocycles. The number of carbonyl (C=O) groups excluding carboxylic acids is 1. The Bertz CT molecular complexity index is 1260. The van der Waals surface area contributed by atoms with Crippen molar-refractivity contribution < 1.29 is 9.21 Å². The van der Waals surface area contributed by atoms with Gasteiger partial charge in [0.1, 0.15) is 5.69 Å². The standard InChI is InChI=1S/C29H31N3O2/c1-3-21-10-12-22(13-11-21)18-30-29(33)26-17-16-25(34-26)28-27(23-14-8-20(2)9-15-23)31-19-32(28)24-6-4-5-7-24/h8-17,19,24H,3-7,18H2,1-2H3,(H,30,33). The summed E-state index contributed by atoms with van der Waals surface area (Å²) in [5.41, 5.74) is 6.46. The molecule has 0 spiro atoms. The van der Waals surface area contributed by atoms with Crippen LogP contribution in [0.1, 0.15) is 65.9 Å². The van der Waals surface area contributed by atoms with E-state index < -0.39 is 0 Å². The third-order valence-electron chi connectivity index (χ3n) is 6.78. The third kappa shape index (κ3) is 4.56. The second-order valence-corrected chi connectivity index (χ2v) is 9.17. The van der Waals surface area contributed by atoms with Crippen molar-refractivity contribution in [2.45, 2.75) is 58.5 Å². The fraction of sp³-hybridized carbons (Fsp3) is 0.310. The normalized spacial score (nSPS) is 13.9. The average Bonchev–Trinajstić information content (AvgIpc) is 3.63. The van der Waals surface area contributed by atoms with Crippen LogP contribution >= 0.6 is 0 Å². The van der Waals surface area contributed by atoms with Crippen molar-refractivity contribution in [1.29, 1.82) is 0 Å². The first-order valence-corrected chi connectivity index (χ1v) is 12.2. The first-order chi connectivity index (χ1) is 16.6. The maximum absolute atomic E-state index is 12.8. The summed E-state index contributed by atoms with van der Waals surface area (Å²) in [6, 6.07) is 20.8. The zero-order valence-electron chi connectivity index (χ0n) is 19.9. The van der Waals surface area contributed by atoms with Gasteiger partial charge in [-0.25, -0.2) is 4.98 Å². The van der Waals surface area contributed by atoms with Gasteiger partial charge in [-0.05, 0) is 49.4 Å². The fourth-order valence-electron chi connectivity index (χ4n) is 4.74. The van der Waals surface area contributed by atoms with Crippen LogP contribution < -0.4 is 5.32 Å². The minimum absolute atomic E-state index is 0.213. The molecule has 1 fully saturated rings. The first kappa shape index (κ1) is 22.2. The smallest absolute Gasteiger partial charge is 0.287 e. The van der Waals surface area contributed by atoms with Gasteiger partial charge in [-0.3, -0.25) is 4.79 Å². The number of hydrogen-bond donors (Lipinski definition) is 1. The van der Waals surface area contributed by atoms with Gasteiger partial charge in [0.2, 0.25) is 0 Å². The van der Waals surface area contributed by atoms with Crippen LogP contribution in [0.4, 0.5) is 0 Å². The molecule has 1 amide bonds. The Morgan fingerprint density at radius 2 is 1.71 bits per heavy atom. The maximum atomic E-state index is 12.8. The van der Waals surface area contributed by atoms with E-state index in [0.29, 0.717) is 24.1 Å². The Hall–Kier alpha value is -3.60. The zero-order chi connectivity index (χ0) is 23.5. The first-order valence-electron chi connectivity index (χ1n) is 12.2. The number of nitrogens with zero attached hydrogens (tertiary/aromatic N) is 2. The van der Waals surface area contributed by atoms with Crippen LogP contribution in [0, 0.1) is 6.92 Å². The van der Waals surface area contributed by atoms with Crippen molar-refractivity contribution >= 4 is 5.91 Å². The van der Waals surface area contributed by atoms with Gasteiger partial charge in [-0.15, -0.1) is 0 Å². The summed E-state index contributed by atoms with van der Waals surface area (Å²) in [5.74, 6) is 0.779. The third-order valence-corrected chi connectivity index (χ3v) is 6.78. The zero-order valence-corrected chi connectivity index (χ0v) is 19.9. The van der Waals surface area contributed by atoms with E-state index in [1.54, 1.807) is 6.07 Å². The monoisotopic (exact) mass is 453 g/mol. The summed E-state index contributed by atoms with van der Waals surface area (Å²) in [6.45, 7) is 4.68. The molecule has 5 rings (SSSR count). The van der Waals surface area contributed by atoms with E-state index in [1.165, 1.54) is 24.0 Å². The summed E-state index contributed by atoms with van der Waals surface area (Å²) < 4.78 is 8.38. The molecule has 0 aliphatic heterocycles. The van der Waals surface area contributed by atoms with Gasteiger partial charge in [0.05, 0.1) is 12.0 Å². The molecule has 5 nitrogen and oxygen atoms in total. The molecule has 2 aromatic carbocycles. The maximum Gasteiger partial charge on any atom is 0.287 e. The summed E-state index contributed by atoms with van der Waals surface area (Å²) in [7, 11) is 0. The molecule has 0 saturated heterocycles. The van der Waals surface area contributed by atoms with E-state index >= 15 is 0 Å². The Balaban J connectivity index is 1.41. The van der Waals surface area contributed by atoms with Crippen LogP contribution in [0.25, 0.3) is 22.7 Å². The molecule has 2 aromatic heterocycles. The molecular weight excluding hydrogens is 422 g/mol. The van der Waals surface area contributed by atoms with E-state index in [-0.39, 0.29) is 5.91 Å². The number of carbonyl (C=O) groups is 1. The van der Waals surface area contributed by atoms with Gasteiger partial charge in [0.25, 0.3) is 5.91 Å². The van der Waals surface area contributed by atoms with Crippen molar-refractivity contribution in [1.82, 2.24) is 14.9 Å². The lowest BCUT2D eigenvalue weighted by atomic mass is 10.1. The number of aromatic nitrogens is 2. The number of nitrogens with one attached hydrogen (secondary N) is 1. The van der Waals surface area contributed by atoms with Crippen LogP contribution in [0.2, 0.25) is 0 Å². The van der Waals surface area contributed by atoms with E-state index in [0.717, 1.165) is 41.8 Å². The second-order valence-electron chi connectivity index (χ2n) is 9.17. The molecule has 1 aliphatic carbocycles. The molecule has 0 radical (unpaired) electrons. The molecular formula is C29H31N3O2. The Labute approximate surface area is 200 Å². The molecule has 0 bridgehead atoms. The molecule has 0 atom stereocenters. The molecule has 34 heavy (non-hydrogen) atoms. The number of amides is 1.